The van der Waals surface area contributed by atoms with Crippen molar-refractivity contribution in [1.29, 1.82) is 0 Å². The quantitative estimate of drug-likeness (QED) is 0.179. The molecule has 3 unspecified atom stereocenters. The van der Waals surface area contributed by atoms with E-state index < -0.39 is 28.7 Å². The van der Waals surface area contributed by atoms with Crippen LogP contribution in [0.4, 0.5) is 11.4 Å². The average Bonchev–Trinajstić information content (AvgIpc) is 3.66. The minimum Gasteiger partial charge on any atom is -0.494 e. The summed E-state index contributed by atoms with van der Waals surface area (Å²) in [5, 5.41) is 10.9. The van der Waals surface area contributed by atoms with Gasteiger partial charge in [-0.15, -0.1) is 24.9 Å². The SMILES string of the molecule is C=CCN(C(=O)[C@H]1[C@@H]2SC3(CC2Br)C(C(=O)N(CC=C)c2ccccc2Cl)N([C@@H](CO)[C@@H](C)CC)C(=O)[C@H]13)c1ccc(OCC)cc1. The number of carbonyl (C=O) groups is 3. The van der Waals surface area contributed by atoms with Crippen molar-refractivity contribution < 1.29 is 24.2 Å². The Bertz CT molecular complexity index is 1510. The van der Waals surface area contributed by atoms with Gasteiger partial charge in [-0.25, -0.2) is 0 Å². The lowest BCUT2D eigenvalue weighted by Gasteiger charge is -2.41. The van der Waals surface area contributed by atoms with Crippen molar-refractivity contribution >= 4 is 68.4 Å². The number of nitrogens with zero attached hydrogens (tertiary/aromatic N) is 3. The van der Waals surface area contributed by atoms with E-state index in [9.17, 15) is 14.7 Å². The summed E-state index contributed by atoms with van der Waals surface area (Å²) in [4.78, 5) is 49.4. The minimum atomic E-state index is -0.937. The fraction of sp³-hybridized carbons (Fsp3) is 0.472. The lowest BCUT2D eigenvalue weighted by atomic mass is 9.70. The molecule has 47 heavy (non-hydrogen) atoms. The summed E-state index contributed by atoms with van der Waals surface area (Å²) in [6, 6.07) is 12.9. The Kier molecular flexibility index (Phi) is 11.2. The topological polar surface area (TPSA) is 90.4 Å². The molecular weight excluding hydrogens is 702 g/mol. The van der Waals surface area contributed by atoms with E-state index in [1.165, 1.54) is 0 Å². The number of carbonyl (C=O) groups excluding carboxylic acids is 3. The van der Waals surface area contributed by atoms with E-state index in [4.69, 9.17) is 16.3 Å². The molecule has 2 bridgehead atoms. The summed E-state index contributed by atoms with van der Waals surface area (Å²) in [6.45, 7) is 14.3. The highest BCUT2D eigenvalue weighted by atomic mass is 79.9. The Labute approximate surface area is 295 Å². The van der Waals surface area contributed by atoms with E-state index in [1.54, 1.807) is 56.8 Å². The van der Waals surface area contributed by atoms with Gasteiger partial charge in [0.25, 0.3) is 5.91 Å². The van der Waals surface area contributed by atoms with Crippen LogP contribution in [-0.4, -0.2) is 80.9 Å². The lowest BCUT2D eigenvalue weighted by Crippen LogP contribution is -2.59. The van der Waals surface area contributed by atoms with Crippen molar-refractivity contribution in [3.8, 4) is 5.75 Å². The third-order valence-electron chi connectivity index (χ3n) is 9.85. The van der Waals surface area contributed by atoms with Crippen molar-refractivity contribution in [3.63, 3.8) is 0 Å². The molecule has 0 aromatic heterocycles. The van der Waals surface area contributed by atoms with Crippen molar-refractivity contribution in [2.24, 2.45) is 17.8 Å². The van der Waals surface area contributed by atoms with Crippen molar-refractivity contribution in [2.45, 2.75) is 60.5 Å². The number of benzene rings is 2. The Morgan fingerprint density at radius 1 is 1.13 bits per heavy atom. The number of aliphatic hydroxyl groups excluding tert-OH is 1. The molecule has 3 saturated heterocycles. The molecular formula is C36H43BrClN3O5S. The molecule has 3 aliphatic heterocycles. The van der Waals surface area contributed by atoms with Crippen LogP contribution in [0.1, 0.15) is 33.6 Å². The van der Waals surface area contributed by atoms with Crippen molar-refractivity contribution in [2.75, 3.05) is 36.1 Å². The number of amides is 3. The zero-order chi connectivity index (χ0) is 34.0. The maximum absolute atomic E-state index is 15.0. The predicted octanol–water partition coefficient (Wildman–Crippen LogP) is 6.35. The van der Waals surface area contributed by atoms with Crippen LogP contribution in [0.2, 0.25) is 5.02 Å². The highest BCUT2D eigenvalue weighted by Gasteiger charge is 2.76. The van der Waals surface area contributed by atoms with Crippen LogP contribution in [0.15, 0.2) is 73.8 Å². The molecule has 252 valence electrons. The third kappa shape index (κ3) is 6.15. The van der Waals surface area contributed by atoms with Crippen LogP contribution in [-0.2, 0) is 14.4 Å². The first-order valence-corrected chi connectivity index (χ1v) is 18.3. The summed E-state index contributed by atoms with van der Waals surface area (Å²) < 4.78 is 4.71. The number of hydrogen-bond acceptors (Lipinski definition) is 6. The van der Waals surface area contributed by atoms with E-state index in [2.05, 4.69) is 29.1 Å². The number of likely N-dealkylation sites (tertiary alicyclic amines) is 1. The van der Waals surface area contributed by atoms with Gasteiger partial charge in [-0.3, -0.25) is 14.4 Å². The van der Waals surface area contributed by atoms with Crippen LogP contribution in [0.25, 0.3) is 0 Å². The molecule has 8 nitrogen and oxygen atoms in total. The summed E-state index contributed by atoms with van der Waals surface area (Å²) in [5.41, 5.74) is 1.19. The second-order valence-electron chi connectivity index (χ2n) is 12.4. The number of thioether (sulfide) groups is 1. The van der Waals surface area contributed by atoms with E-state index in [0.29, 0.717) is 41.6 Å². The Hall–Kier alpha value is -2.79. The maximum Gasteiger partial charge on any atom is 0.251 e. The van der Waals surface area contributed by atoms with E-state index in [-0.39, 0.29) is 53.4 Å². The standard InChI is InChI=1S/C36H43BrClN3O5S/c1-6-18-39(23-14-16-24(17-15-23)46-9-4)33(43)29-30-34(44)41(28(21-42)22(5)8-3)32(36(30)20-25(37)31(29)47-36)35(45)40(19-7-2)27-13-11-10-12-26(27)38/h6-7,10-17,22,25,28-32,42H,1-2,8-9,18-21H2,3-5H3/t22-,25?,28-,29+,30-,31+,32?,36?/m0/s1. The summed E-state index contributed by atoms with van der Waals surface area (Å²) in [6.07, 6.45) is 4.52. The second kappa shape index (κ2) is 14.8. The smallest absolute Gasteiger partial charge is 0.251 e. The molecule has 2 aromatic carbocycles. The summed E-state index contributed by atoms with van der Waals surface area (Å²) >= 11 is 12.1. The highest BCUT2D eigenvalue weighted by Crippen LogP contribution is 2.68. The molecule has 11 heteroatoms. The predicted molar refractivity (Wildman–Crippen MR) is 194 cm³/mol. The fourth-order valence-corrected chi connectivity index (χ4v) is 11.4. The molecule has 0 aliphatic carbocycles. The Balaban J connectivity index is 1.63. The number of halogens is 2. The highest BCUT2D eigenvalue weighted by molar-refractivity contribution is 9.09. The first-order valence-electron chi connectivity index (χ1n) is 16.2. The van der Waals surface area contributed by atoms with E-state index in [0.717, 1.165) is 0 Å². The van der Waals surface area contributed by atoms with Gasteiger partial charge >= 0.3 is 0 Å². The van der Waals surface area contributed by atoms with Gasteiger partial charge in [-0.05, 0) is 55.7 Å². The lowest BCUT2D eigenvalue weighted by molar-refractivity contribution is -0.143. The first-order chi connectivity index (χ1) is 22.6. The normalized spacial score (nSPS) is 27.2. The van der Waals surface area contributed by atoms with Gasteiger partial charge in [0.2, 0.25) is 11.8 Å². The summed E-state index contributed by atoms with van der Waals surface area (Å²) in [5.74, 6) is -1.63. The second-order valence-corrected chi connectivity index (χ2v) is 15.5. The van der Waals surface area contributed by atoms with Gasteiger partial charge in [0.1, 0.15) is 11.8 Å². The van der Waals surface area contributed by atoms with Crippen molar-refractivity contribution in [3.05, 3.63) is 78.9 Å². The van der Waals surface area contributed by atoms with Crippen LogP contribution >= 0.6 is 39.3 Å². The number of hydrogen-bond donors (Lipinski definition) is 1. The molecule has 3 heterocycles. The number of fused-ring (bicyclic) bond motifs is 1. The van der Waals surface area contributed by atoms with Crippen LogP contribution in [0.5, 0.6) is 5.75 Å². The minimum absolute atomic E-state index is 0.0973. The number of ether oxygens (including phenoxy) is 1. The molecule has 1 N–H and O–H groups in total. The first kappa shape index (κ1) is 35.5. The molecule has 0 radical (unpaired) electrons. The molecule has 3 amide bonds. The van der Waals surface area contributed by atoms with E-state index in [1.807, 2.05) is 51.1 Å². The largest absolute Gasteiger partial charge is 0.494 e. The van der Waals surface area contributed by atoms with Crippen molar-refractivity contribution in [1.82, 2.24) is 4.90 Å². The fourth-order valence-electron chi connectivity index (χ4n) is 7.58. The number of alkyl halides is 1. The number of rotatable bonds is 14. The zero-order valence-electron chi connectivity index (χ0n) is 27.1. The molecule has 3 fully saturated rings. The zero-order valence-corrected chi connectivity index (χ0v) is 30.2. The van der Waals surface area contributed by atoms with Crippen LogP contribution < -0.4 is 14.5 Å². The number of aliphatic hydroxyl groups is 1. The third-order valence-corrected chi connectivity index (χ3v) is 13.4. The number of para-hydroxylation sites is 1. The molecule has 8 atom stereocenters. The van der Waals surface area contributed by atoms with Gasteiger partial charge in [-0.2, -0.15) is 0 Å². The maximum atomic E-state index is 15.0. The molecule has 1 spiro atoms. The van der Waals surface area contributed by atoms with Crippen LogP contribution in [0.3, 0.4) is 0 Å². The molecule has 5 rings (SSSR count). The van der Waals surface area contributed by atoms with E-state index >= 15 is 4.79 Å². The van der Waals surface area contributed by atoms with Crippen LogP contribution in [0, 0.1) is 17.8 Å². The number of anilines is 2. The van der Waals surface area contributed by atoms with Gasteiger partial charge < -0.3 is 24.5 Å². The van der Waals surface area contributed by atoms with Gasteiger partial charge in [0.05, 0.1) is 46.5 Å². The molecule has 0 saturated carbocycles. The average molecular weight is 745 g/mol. The Morgan fingerprint density at radius 3 is 2.38 bits per heavy atom. The monoisotopic (exact) mass is 743 g/mol. The van der Waals surface area contributed by atoms with Gasteiger partial charge in [-0.1, -0.05) is 72.1 Å². The van der Waals surface area contributed by atoms with Gasteiger partial charge in [0, 0.05) is 28.9 Å². The Morgan fingerprint density at radius 2 is 1.79 bits per heavy atom. The summed E-state index contributed by atoms with van der Waals surface area (Å²) in [7, 11) is 0. The molecule has 3 aliphatic rings. The molecule has 2 aromatic rings. The van der Waals surface area contributed by atoms with Gasteiger partial charge in [0.15, 0.2) is 0 Å².